The number of oxazole rings is 1. The van der Waals surface area contributed by atoms with Crippen LogP contribution in [0.1, 0.15) is 0 Å². The normalized spacial score (nSPS) is 11.4. The van der Waals surface area contributed by atoms with E-state index in [1.54, 1.807) is 0 Å². The summed E-state index contributed by atoms with van der Waals surface area (Å²) in [7, 11) is 0. The van der Waals surface area contributed by atoms with E-state index >= 15 is 0 Å². The average Bonchev–Trinajstić information content (AvgIpc) is 2.41. The Morgan fingerprint density at radius 2 is 1.93 bits per heavy atom. The van der Waals surface area contributed by atoms with Crippen LogP contribution in [0.3, 0.4) is 0 Å². The molecule has 74 valence electrons. The summed E-state index contributed by atoms with van der Waals surface area (Å²) in [4.78, 5) is 12.7. The Hall–Kier alpha value is -0.0187. The van der Waals surface area contributed by atoms with Gasteiger partial charge in [-0.1, -0.05) is 17.6 Å². The maximum Gasteiger partial charge on any atom is 1.00 e. The summed E-state index contributed by atoms with van der Waals surface area (Å²) in [6, 6.07) is 3.41. The molecule has 0 saturated heterocycles. The van der Waals surface area contributed by atoms with Gasteiger partial charge in [0, 0.05) is 0 Å². The molecule has 8 heteroatoms. The molecule has 3 nitrogen and oxygen atoms in total. The number of hydrogen-bond donors (Lipinski definition) is 1. The van der Waals surface area contributed by atoms with Gasteiger partial charge in [-0.05, 0) is 6.07 Å². The van der Waals surface area contributed by atoms with Gasteiger partial charge in [0.15, 0.2) is 5.58 Å². The van der Waals surface area contributed by atoms with Gasteiger partial charge in [-0.25, -0.2) is 4.79 Å². The number of nitrogens with one attached hydrogen (secondary N) is 1. The van der Waals surface area contributed by atoms with Crippen molar-refractivity contribution >= 4 is 23.5 Å². The van der Waals surface area contributed by atoms with Crippen LogP contribution in [0.2, 0.25) is 0 Å². The maximum absolute atomic E-state index is 12.4. The third-order valence-corrected chi connectivity index (χ3v) is 1.84. The summed E-state index contributed by atoms with van der Waals surface area (Å²) in [6.45, 7) is -5.13. The number of H-pyrrole nitrogens is 1. The molecule has 1 aromatic carbocycles. The zero-order valence-electron chi connectivity index (χ0n) is 7.76. The minimum absolute atomic E-state index is 0. The molecular weight excluding hydrogens is 237 g/mol. The van der Waals surface area contributed by atoms with Crippen molar-refractivity contribution in [3.8, 4) is 0 Å². The number of aromatic nitrogens is 1. The van der Waals surface area contributed by atoms with Crippen LogP contribution in [0.5, 0.6) is 0 Å². The van der Waals surface area contributed by atoms with Gasteiger partial charge >= 0.3 is 64.1 Å². The van der Waals surface area contributed by atoms with Gasteiger partial charge in [-0.3, -0.25) is 4.98 Å². The van der Waals surface area contributed by atoms with Gasteiger partial charge < -0.3 is 17.4 Å². The second kappa shape index (κ2) is 4.46. The Morgan fingerprint density at radius 3 is 2.53 bits per heavy atom. The fourth-order valence-electron chi connectivity index (χ4n) is 1.27. The molecular formula is C7H4BF3KNO2. The van der Waals surface area contributed by atoms with Crippen molar-refractivity contribution in [2.75, 3.05) is 0 Å². The number of benzene rings is 1. The van der Waals surface area contributed by atoms with Crippen molar-refractivity contribution in [3.05, 3.63) is 28.7 Å². The summed E-state index contributed by atoms with van der Waals surface area (Å²) in [5, 5.41) is 0. The summed E-state index contributed by atoms with van der Waals surface area (Å²) >= 11 is 0. The summed E-state index contributed by atoms with van der Waals surface area (Å²) in [5.74, 6) is -0.882. The number of hydrogen-bond acceptors (Lipinski definition) is 2. The zero-order valence-corrected chi connectivity index (χ0v) is 10.9. The molecule has 0 aliphatic rings. The van der Waals surface area contributed by atoms with Gasteiger partial charge in [-0.15, -0.1) is 0 Å². The van der Waals surface area contributed by atoms with Gasteiger partial charge in [0.1, 0.15) is 0 Å². The molecule has 0 atom stereocenters. The standard InChI is InChI=1S/C7H4BF3NO2.K/c9-8(10,11)4-2-1-3-5-6(4)12-7(13)14-5;/h1-3H,(H,12,13);/q-1;+1. The quantitative estimate of drug-likeness (QED) is 0.597. The van der Waals surface area contributed by atoms with E-state index in [-0.39, 0.29) is 62.5 Å². The molecule has 0 aliphatic carbocycles. The molecule has 1 aromatic heterocycles. The molecule has 15 heavy (non-hydrogen) atoms. The molecule has 0 radical (unpaired) electrons. The van der Waals surface area contributed by atoms with Crippen molar-refractivity contribution in [2.45, 2.75) is 0 Å². The molecule has 0 unspecified atom stereocenters. The van der Waals surface area contributed by atoms with Crippen molar-refractivity contribution in [3.63, 3.8) is 0 Å². The topological polar surface area (TPSA) is 46.0 Å². The Morgan fingerprint density at radius 1 is 1.27 bits per heavy atom. The Kier molecular flexibility index (Phi) is 3.88. The molecule has 2 rings (SSSR count). The van der Waals surface area contributed by atoms with Crippen LogP contribution in [0, 0.1) is 0 Å². The van der Waals surface area contributed by atoms with Gasteiger partial charge in [0.05, 0.1) is 5.52 Å². The van der Waals surface area contributed by atoms with Crippen LogP contribution in [-0.2, 0) is 0 Å². The van der Waals surface area contributed by atoms with Gasteiger partial charge in [0.2, 0.25) is 0 Å². The zero-order chi connectivity index (χ0) is 10.3. The molecule has 2 aromatic rings. The Labute approximate surface area is 125 Å². The SMILES string of the molecule is O=c1[nH]c2c([B-](F)(F)F)cccc2o1.[K+]. The monoisotopic (exact) mass is 241 g/mol. The number of fused-ring (bicyclic) bond motifs is 1. The first-order valence-corrected chi connectivity index (χ1v) is 3.80. The minimum atomic E-state index is -5.13. The predicted molar refractivity (Wildman–Crippen MR) is 45.5 cm³/mol. The van der Waals surface area contributed by atoms with Crippen LogP contribution in [0.15, 0.2) is 27.4 Å². The summed E-state index contributed by atoms with van der Waals surface area (Å²) in [5.41, 5.74) is -1.20. The molecule has 0 aliphatic heterocycles. The van der Waals surface area contributed by atoms with Gasteiger partial charge in [0.25, 0.3) is 0 Å². The fourth-order valence-corrected chi connectivity index (χ4v) is 1.27. The fraction of sp³-hybridized carbons (Fsp3) is 0. The van der Waals surface area contributed by atoms with E-state index in [9.17, 15) is 17.7 Å². The second-order valence-corrected chi connectivity index (χ2v) is 2.81. The Balaban J connectivity index is 0.00000112. The van der Waals surface area contributed by atoms with E-state index in [1.165, 1.54) is 12.1 Å². The van der Waals surface area contributed by atoms with Crippen LogP contribution >= 0.6 is 0 Å². The molecule has 0 amide bonds. The molecule has 1 heterocycles. The first-order valence-electron chi connectivity index (χ1n) is 3.80. The molecule has 0 fully saturated rings. The van der Waals surface area contributed by atoms with E-state index in [4.69, 9.17) is 0 Å². The predicted octanol–water partition coefficient (Wildman–Crippen LogP) is -1.82. The number of aromatic amines is 1. The van der Waals surface area contributed by atoms with E-state index in [1.807, 2.05) is 4.98 Å². The van der Waals surface area contributed by atoms with Crippen LogP contribution in [-0.4, -0.2) is 12.0 Å². The van der Waals surface area contributed by atoms with E-state index in [2.05, 4.69) is 4.42 Å². The Bertz CT molecular complexity index is 533. The number of para-hydroxylation sites is 1. The minimum Gasteiger partial charge on any atom is -0.445 e. The number of halogens is 3. The summed E-state index contributed by atoms with van der Waals surface area (Å²) in [6.07, 6.45) is 0. The van der Waals surface area contributed by atoms with Crippen molar-refractivity contribution in [1.29, 1.82) is 0 Å². The maximum atomic E-state index is 12.4. The van der Waals surface area contributed by atoms with Crippen molar-refractivity contribution in [2.24, 2.45) is 0 Å². The molecule has 1 N–H and O–H groups in total. The van der Waals surface area contributed by atoms with Crippen LogP contribution in [0.25, 0.3) is 11.1 Å². The third-order valence-electron chi connectivity index (χ3n) is 1.84. The molecule has 0 spiro atoms. The number of rotatable bonds is 1. The summed E-state index contributed by atoms with van der Waals surface area (Å²) < 4.78 is 41.8. The first-order chi connectivity index (χ1) is 6.48. The van der Waals surface area contributed by atoms with Crippen LogP contribution < -0.4 is 62.6 Å². The molecule has 0 bridgehead atoms. The van der Waals surface area contributed by atoms with Crippen molar-refractivity contribution in [1.82, 2.24) is 4.98 Å². The average molecular weight is 241 g/mol. The van der Waals surface area contributed by atoms with E-state index in [0.29, 0.717) is 0 Å². The largest absolute Gasteiger partial charge is 1.00 e. The van der Waals surface area contributed by atoms with Gasteiger partial charge in [-0.2, -0.15) is 0 Å². The second-order valence-electron chi connectivity index (χ2n) is 2.81. The van der Waals surface area contributed by atoms with Crippen molar-refractivity contribution < 1.29 is 68.7 Å². The van der Waals surface area contributed by atoms with E-state index in [0.717, 1.165) is 6.07 Å². The smallest absolute Gasteiger partial charge is 0.445 e. The van der Waals surface area contributed by atoms with Crippen LogP contribution in [0.4, 0.5) is 12.9 Å². The van der Waals surface area contributed by atoms with E-state index < -0.39 is 18.2 Å². The first kappa shape index (κ1) is 13.0. The molecule has 0 saturated carbocycles. The third kappa shape index (κ3) is 2.56.